The van der Waals surface area contributed by atoms with E-state index in [1.165, 1.54) is 38.8 Å². The van der Waals surface area contributed by atoms with Crippen molar-refractivity contribution in [1.82, 2.24) is 20.0 Å². The normalized spacial score (nSPS) is 15.5. The number of nitrogens with one attached hydrogen (secondary N) is 1. The maximum absolute atomic E-state index is 12.0. The van der Waals surface area contributed by atoms with Gasteiger partial charge in [0.25, 0.3) is 0 Å². The van der Waals surface area contributed by atoms with Crippen LogP contribution < -0.4 is 5.32 Å². The second-order valence-corrected chi connectivity index (χ2v) is 7.09. The molecule has 1 amide bonds. The van der Waals surface area contributed by atoms with E-state index in [1.54, 1.807) is 0 Å². The largest absolute Gasteiger partial charge is 0.356 e. The molecule has 2 heterocycles. The number of rotatable bonds is 8. The number of hydrogen-bond donors (Lipinski definition) is 1. The highest BCUT2D eigenvalue weighted by molar-refractivity contribution is 5.76. The number of carbonyl (C=O) groups is 1. The fraction of sp³-hybridized carbons (Fsp3) is 0.524. The van der Waals surface area contributed by atoms with Crippen molar-refractivity contribution in [2.24, 2.45) is 0 Å². The van der Waals surface area contributed by atoms with Gasteiger partial charge in [0.2, 0.25) is 5.91 Å². The van der Waals surface area contributed by atoms with E-state index in [2.05, 4.69) is 15.3 Å². The number of hydrogen-bond acceptors (Lipinski definition) is 3. The van der Waals surface area contributed by atoms with Gasteiger partial charge in [-0.1, -0.05) is 31.0 Å². The van der Waals surface area contributed by atoms with Crippen molar-refractivity contribution in [3.05, 3.63) is 48.3 Å². The fourth-order valence-corrected chi connectivity index (χ4v) is 3.45. The number of benzene rings is 1. The van der Waals surface area contributed by atoms with E-state index in [4.69, 9.17) is 0 Å². The lowest BCUT2D eigenvalue weighted by molar-refractivity contribution is -0.121. The molecule has 5 heteroatoms. The quantitative estimate of drug-likeness (QED) is 0.741. The first-order chi connectivity index (χ1) is 12.8. The molecule has 0 aliphatic carbocycles. The number of amides is 1. The molecule has 0 saturated carbocycles. The Labute approximate surface area is 156 Å². The Morgan fingerprint density at radius 2 is 1.85 bits per heavy atom. The van der Waals surface area contributed by atoms with Gasteiger partial charge in [-0.05, 0) is 63.0 Å². The minimum absolute atomic E-state index is 0.133. The van der Waals surface area contributed by atoms with Gasteiger partial charge >= 0.3 is 0 Å². The molecule has 1 aromatic heterocycles. The van der Waals surface area contributed by atoms with Crippen LogP contribution >= 0.6 is 0 Å². The summed E-state index contributed by atoms with van der Waals surface area (Å²) in [7, 11) is 0. The van der Waals surface area contributed by atoms with Crippen LogP contribution in [-0.2, 0) is 11.2 Å². The molecule has 1 fully saturated rings. The Kier molecular flexibility index (Phi) is 7.25. The van der Waals surface area contributed by atoms with Crippen LogP contribution in [0.2, 0.25) is 0 Å². The van der Waals surface area contributed by atoms with Gasteiger partial charge < -0.3 is 10.2 Å². The molecule has 0 spiro atoms. The first kappa shape index (κ1) is 18.6. The summed E-state index contributed by atoms with van der Waals surface area (Å²) in [5.41, 5.74) is 2.13. The third-order valence-corrected chi connectivity index (χ3v) is 4.97. The lowest BCUT2D eigenvalue weighted by atomic mass is 10.2. The number of aryl methyl sites for hydroxylation is 1. The molecule has 1 aliphatic heterocycles. The molecule has 1 saturated heterocycles. The van der Waals surface area contributed by atoms with E-state index in [-0.39, 0.29) is 5.91 Å². The number of para-hydroxylation sites is 1. The highest BCUT2D eigenvalue weighted by atomic mass is 16.1. The van der Waals surface area contributed by atoms with Gasteiger partial charge in [0.05, 0.1) is 11.9 Å². The first-order valence-electron chi connectivity index (χ1n) is 9.89. The maximum Gasteiger partial charge on any atom is 0.220 e. The topological polar surface area (TPSA) is 50.2 Å². The summed E-state index contributed by atoms with van der Waals surface area (Å²) in [6, 6.07) is 10.0. The van der Waals surface area contributed by atoms with Crippen molar-refractivity contribution in [3.63, 3.8) is 0 Å². The second kappa shape index (κ2) is 10.1. The van der Waals surface area contributed by atoms with Gasteiger partial charge in [-0.25, -0.2) is 4.68 Å². The zero-order chi connectivity index (χ0) is 18.0. The Morgan fingerprint density at radius 1 is 1.08 bits per heavy atom. The van der Waals surface area contributed by atoms with Crippen LogP contribution in [0.3, 0.4) is 0 Å². The molecule has 2 aromatic rings. The Balaban J connectivity index is 1.32. The number of likely N-dealkylation sites (tertiary alicyclic amines) is 1. The zero-order valence-corrected chi connectivity index (χ0v) is 15.6. The highest BCUT2D eigenvalue weighted by Crippen LogP contribution is 2.10. The molecule has 0 radical (unpaired) electrons. The number of nitrogens with zero attached hydrogens (tertiary/aromatic N) is 3. The molecule has 1 aliphatic rings. The van der Waals surface area contributed by atoms with Gasteiger partial charge in [0, 0.05) is 19.2 Å². The van der Waals surface area contributed by atoms with Gasteiger partial charge in [-0.2, -0.15) is 5.10 Å². The predicted octanol–water partition coefficient (Wildman–Crippen LogP) is 3.19. The van der Waals surface area contributed by atoms with E-state index >= 15 is 0 Å². The van der Waals surface area contributed by atoms with E-state index in [1.807, 2.05) is 47.4 Å². The molecule has 0 unspecified atom stereocenters. The number of carbonyl (C=O) groups excluding carboxylic acids is 1. The van der Waals surface area contributed by atoms with Gasteiger partial charge in [0.1, 0.15) is 0 Å². The van der Waals surface area contributed by atoms with Crippen molar-refractivity contribution in [3.8, 4) is 5.69 Å². The smallest absolute Gasteiger partial charge is 0.220 e. The molecule has 1 aromatic carbocycles. The van der Waals surface area contributed by atoms with Crippen LogP contribution in [0.1, 0.15) is 44.1 Å². The molecule has 3 rings (SSSR count). The summed E-state index contributed by atoms with van der Waals surface area (Å²) in [6.07, 6.45) is 11.5. The van der Waals surface area contributed by atoms with Crippen molar-refractivity contribution in [2.75, 3.05) is 26.2 Å². The summed E-state index contributed by atoms with van der Waals surface area (Å²) in [5, 5.41) is 7.43. The lowest BCUT2D eigenvalue weighted by Gasteiger charge is -2.19. The first-order valence-corrected chi connectivity index (χ1v) is 9.89. The molecule has 140 valence electrons. The third-order valence-electron chi connectivity index (χ3n) is 4.97. The molecular formula is C21H30N4O. The molecule has 5 nitrogen and oxygen atoms in total. The molecule has 1 N–H and O–H groups in total. The Bertz CT molecular complexity index is 660. The van der Waals surface area contributed by atoms with Crippen molar-refractivity contribution < 1.29 is 4.79 Å². The van der Waals surface area contributed by atoms with Crippen molar-refractivity contribution in [1.29, 1.82) is 0 Å². The average Bonchev–Trinajstić information content (AvgIpc) is 3.00. The van der Waals surface area contributed by atoms with Crippen LogP contribution in [0.4, 0.5) is 0 Å². The van der Waals surface area contributed by atoms with Gasteiger partial charge in [0.15, 0.2) is 0 Å². The van der Waals surface area contributed by atoms with Crippen LogP contribution in [0.25, 0.3) is 5.69 Å². The van der Waals surface area contributed by atoms with Crippen LogP contribution in [0.5, 0.6) is 0 Å². The summed E-state index contributed by atoms with van der Waals surface area (Å²) in [6.45, 7) is 4.32. The average molecular weight is 354 g/mol. The van der Waals surface area contributed by atoms with E-state index < -0.39 is 0 Å². The minimum atomic E-state index is 0.133. The van der Waals surface area contributed by atoms with E-state index in [0.717, 1.165) is 37.2 Å². The summed E-state index contributed by atoms with van der Waals surface area (Å²) >= 11 is 0. The standard InChI is InChI=1S/C21H30N4O/c26-21(22-13-8-16-24-14-6-1-2-7-15-24)12-11-19-17-23-25(18-19)20-9-4-3-5-10-20/h3-5,9-10,17-18H,1-2,6-8,11-16H2,(H,22,26). The molecule has 26 heavy (non-hydrogen) atoms. The predicted molar refractivity (Wildman–Crippen MR) is 104 cm³/mol. The second-order valence-electron chi connectivity index (χ2n) is 7.09. The highest BCUT2D eigenvalue weighted by Gasteiger charge is 2.09. The Morgan fingerprint density at radius 3 is 2.62 bits per heavy atom. The van der Waals surface area contributed by atoms with E-state index in [9.17, 15) is 4.79 Å². The summed E-state index contributed by atoms with van der Waals surface area (Å²) in [4.78, 5) is 14.6. The molecular weight excluding hydrogens is 324 g/mol. The van der Waals surface area contributed by atoms with Crippen molar-refractivity contribution >= 4 is 5.91 Å². The molecule has 0 bridgehead atoms. The van der Waals surface area contributed by atoms with Crippen LogP contribution in [0.15, 0.2) is 42.7 Å². The molecule has 0 atom stereocenters. The van der Waals surface area contributed by atoms with Crippen LogP contribution in [0, 0.1) is 0 Å². The van der Waals surface area contributed by atoms with Gasteiger partial charge in [-0.3, -0.25) is 4.79 Å². The van der Waals surface area contributed by atoms with Crippen LogP contribution in [-0.4, -0.2) is 46.8 Å². The van der Waals surface area contributed by atoms with E-state index in [0.29, 0.717) is 6.42 Å². The maximum atomic E-state index is 12.0. The Hall–Kier alpha value is -2.14. The lowest BCUT2D eigenvalue weighted by Crippen LogP contribution is -2.30. The number of aromatic nitrogens is 2. The SMILES string of the molecule is O=C(CCc1cnn(-c2ccccc2)c1)NCCCN1CCCCCC1. The fourth-order valence-electron chi connectivity index (χ4n) is 3.45. The third kappa shape index (κ3) is 5.99. The summed E-state index contributed by atoms with van der Waals surface area (Å²) in [5.74, 6) is 0.133. The summed E-state index contributed by atoms with van der Waals surface area (Å²) < 4.78 is 1.86. The van der Waals surface area contributed by atoms with Crippen molar-refractivity contribution in [2.45, 2.75) is 44.9 Å². The zero-order valence-electron chi connectivity index (χ0n) is 15.6. The minimum Gasteiger partial charge on any atom is -0.356 e. The van der Waals surface area contributed by atoms with Gasteiger partial charge in [-0.15, -0.1) is 0 Å². The monoisotopic (exact) mass is 354 g/mol.